The van der Waals surface area contributed by atoms with E-state index in [1.165, 1.54) is 4.90 Å². The minimum Gasteiger partial charge on any atom is -0.507 e. The third kappa shape index (κ3) is 4.01. The van der Waals surface area contributed by atoms with E-state index in [0.29, 0.717) is 54.7 Å². The van der Waals surface area contributed by atoms with Crippen LogP contribution in [-0.2, 0) is 9.59 Å². The number of carbonyl (C=O) groups is 2. The molecule has 0 aliphatic carbocycles. The lowest BCUT2D eigenvalue weighted by molar-refractivity contribution is -0.140. The number of amides is 1. The van der Waals surface area contributed by atoms with Gasteiger partial charge in [0.2, 0.25) is 0 Å². The normalized spacial score (nSPS) is 19.5. The number of likely N-dealkylation sites (N-methyl/N-ethyl adjacent to an activating group) is 1. The Bertz CT molecular complexity index is 1080. The van der Waals surface area contributed by atoms with Crippen molar-refractivity contribution in [3.63, 3.8) is 0 Å². The summed E-state index contributed by atoms with van der Waals surface area (Å²) in [5.41, 5.74) is 1.10. The smallest absolute Gasteiger partial charge is 0.295 e. The first-order valence-corrected chi connectivity index (χ1v) is 10.4. The van der Waals surface area contributed by atoms with E-state index in [4.69, 9.17) is 14.2 Å². The molecule has 0 spiro atoms. The summed E-state index contributed by atoms with van der Waals surface area (Å²) in [5, 5.41) is 11.2. The van der Waals surface area contributed by atoms with Crippen LogP contribution in [0.5, 0.6) is 17.2 Å². The van der Waals surface area contributed by atoms with Crippen LogP contribution in [0, 0.1) is 0 Å². The highest BCUT2D eigenvalue weighted by molar-refractivity contribution is 6.46. The Morgan fingerprint density at radius 3 is 2.59 bits per heavy atom. The fraction of sp³-hybridized carbons (Fsp3) is 0.333. The van der Waals surface area contributed by atoms with Crippen LogP contribution in [-0.4, -0.2) is 74.1 Å². The van der Waals surface area contributed by atoms with Gasteiger partial charge >= 0.3 is 0 Å². The lowest BCUT2D eigenvalue weighted by Gasteiger charge is -2.27. The van der Waals surface area contributed by atoms with Crippen LogP contribution in [0.15, 0.2) is 48.0 Å². The van der Waals surface area contributed by atoms with Gasteiger partial charge in [-0.1, -0.05) is 12.1 Å². The van der Waals surface area contributed by atoms with Gasteiger partial charge in [-0.2, -0.15) is 0 Å². The molecule has 0 aromatic heterocycles. The molecular weight excluding hydrogens is 412 g/mol. The minimum absolute atomic E-state index is 0.0405. The van der Waals surface area contributed by atoms with Gasteiger partial charge in [0, 0.05) is 18.7 Å². The quantitative estimate of drug-likeness (QED) is 0.421. The highest BCUT2D eigenvalue weighted by atomic mass is 16.6. The van der Waals surface area contributed by atoms with Crippen molar-refractivity contribution in [2.75, 3.05) is 47.5 Å². The van der Waals surface area contributed by atoms with Crippen molar-refractivity contribution in [3.8, 4) is 17.2 Å². The number of rotatable bonds is 6. The molecule has 1 fully saturated rings. The number of fused-ring (bicyclic) bond motifs is 1. The molecule has 2 aromatic carbocycles. The Morgan fingerprint density at radius 1 is 1.12 bits per heavy atom. The summed E-state index contributed by atoms with van der Waals surface area (Å²) in [6.07, 6.45) is 0. The molecule has 0 bridgehead atoms. The van der Waals surface area contributed by atoms with Gasteiger partial charge in [-0.3, -0.25) is 9.59 Å². The van der Waals surface area contributed by atoms with Gasteiger partial charge in [-0.25, -0.2) is 0 Å². The molecule has 2 aliphatic heterocycles. The van der Waals surface area contributed by atoms with Crippen molar-refractivity contribution in [3.05, 3.63) is 59.2 Å². The number of benzene rings is 2. The standard InChI is InChI=1S/C24H26N2O6/c1-25(2)9-10-26-21(15-5-4-6-17(13-15)30-3)20(23(28)24(26)29)22(27)16-7-8-18-19(14-16)32-12-11-31-18/h4-8,13-14,21,27H,9-12H2,1-3H3. The highest BCUT2D eigenvalue weighted by Gasteiger charge is 2.46. The second kappa shape index (κ2) is 8.92. The predicted molar refractivity (Wildman–Crippen MR) is 118 cm³/mol. The maximum Gasteiger partial charge on any atom is 0.295 e. The fourth-order valence-electron chi connectivity index (χ4n) is 3.92. The molecule has 1 N–H and O–H groups in total. The van der Waals surface area contributed by atoms with Gasteiger partial charge < -0.3 is 29.1 Å². The maximum atomic E-state index is 13.1. The van der Waals surface area contributed by atoms with Crippen LogP contribution in [0.2, 0.25) is 0 Å². The van der Waals surface area contributed by atoms with Crippen molar-refractivity contribution >= 4 is 17.4 Å². The number of methoxy groups -OCH3 is 1. The lowest BCUT2D eigenvalue weighted by atomic mass is 9.95. The van der Waals surface area contributed by atoms with Crippen LogP contribution in [0.4, 0.5) is 0 Å². The van der Waals surface area contributed by atoms with Crippen molar-refractivity contribution in [1.29, 1.82) is 0 Å². The van der Waals surface area contributed by atoms with E-state index in [-0.39, 0.29) is 11.3 Å². The SMILES string of the molecule is COc1cccc(C2C(=C(O)c3ccc4c(c3)OCCO4)C(=O)C(=O)N2CCN(C)C)c1. The van der Waals surface area contributed by atoms with Gasteiger partial charge in [-0.05, 0) is 50.0 Å². The van der Waals surface area contributed by atoms with Crippen LogP contribution >= 0.6 is 0 Å². The van der Waals surface area contributed by atoms with E-state index >= 15 is 0 Å². The molecule has 1 atom stereocenters. The Morgan fingerprint density at radius 2 is 1.88 bits per heavy atom. The van der Waals surface area contributed by atoms with Gasteiger partial charge in [0.1, 0.15) is 24.7 Å². The number of carbonyl (C=O) groups excluding carboxylic acids is 2. The maximum absolute atomic E-state index is 13.1. The minimum atomic E-state index is -0.738. The van der Waals surface area contributed by atoms with E-state index in [0.717, 1.165) is 0 Å². The van der Waals surface area contributed by atoms with E-state index in [1.807, 2.05) is 25.1 Å². The van der Waals surface area contributed by atoms with E-state index in [1.54, 1.807) is 43.5 Å². The number of ketones is 1. The van der Waals surface area contributed by atoms with Crippen molar-refractivity contribution in [2.24, 2.45) is 0 Å². The molecule has 168 valence electrons. The van der Waals surface area contributed by atoms with Crippen LogP contribution < -0.4 is 14.2 Å². The predicted octanol–water partition coefficient (Wildman–Crippen LogP) is 2.45. The summed E-state index contributed by atoms with van der Waals surface area (Å²) in [4.78, 5) is 29.5. The van der Waals surface area contributed by atoms with Gasteiger partial charge in [-0.15, -0.1) is 0 Å². The second-order valence-corrected chi connectivity index (χ2v) is 7.93. The van der Waals surface area contributed by atoms with E-state index in [9.17, 15) is 14.7 Å². The molecule has 32 heavy (non-hydrogen) atoms. The fourth-order valence-corrected chi connectivity index (χ4v) is 3.92. The molecule has 1 amide bonds. The van der Waals surface area contributed by atoms with Crippen molar-refractivity contribution in [2.45, 2.75) is 6.04 Å². The largest absolute Gasteiger partial charge is 0.507 e. The molecule has 0 saturated carbocycles. The number of hydrogen-bond donors (Lipinski definition) is 1. The van der Waals surface area contributed by atoms with Crippen LogP contribution in [0.3, 0.4) is 0 Å². The van der Waals surface area contributed by atoms with Gasteiger partial charge in [0.15, 0.2) is 11.5 Å². The average Bonchev–Trinajstić information content (AvgIpc) is 3.06. The first-order chi connectivity index (χ1) is 15.4. The molecular formula is C24H26N2O6. The Labute approximate surface area is 186 Å². The zero-order valence-corrected chi connectivity index (χ0v) is 18.3. The van der Waals surface area contributed by atoms with Crippen molar-refractivity contribution in [1.82, 2.24) is 9.80 Å². The van der Waals surface area contributed by atoms with E-state index < -0.39 is 17.7 Å². The molecule has 2 aromatic rings. The lowest BCUT2D eigenvalue weighted by Crippen LogP contribution is -2.35. The van der Waals surface area contributed by atoms with E-state index in [2.05, 4.69) is 0 Å². The number of likely N-dealkylation sites (tertiary alicyclic amines) is 1. The first-order valence-electron chi connectivity index (χ1n) is 10.4. The number of hydrogen-bond acceptors (Lipinski definition) is 7. The average molecular weight is 438 g/mol. The summed E-state index contributed by atoms with van der Waals surface area (Å²) < 4.78 is 16.5. The second-order valence-electron chi connectivity index (χ2n) is 7.93. The summed E-state index contributed by atoms with van der Waals surface area (Å²) in [7, 11) is 5.34. The third-order valence-electron chi connectivity index (χ3n) is 5.55. The number of aliphatic hydroxyl groups excluding tert-OH is 1. The number of Topliss-reactive ketones (excluding diaryl/α,β-unsaturated/α-hetero) is 1. The number of aliphatic hydroxyl groups is 1. The monoisotopic (exact) mass is 438 g/mol. The molecule has 0 radical (unpaired) electrons. The Hall–Kier alpha value is -3.52. The molecule has 1 unspecified atom stereocenters. The van der Waals surface area contributed by atoms with Crippen molar-refractivity contribution < 1.29 is 28.9 Å². The van der Waals surface area contributed by atoms with Crippen LogP contribution in [0.25, 0.3) is 5.76 Å². The molecule has 4 rings (SSSR count). The molecule has 1 saturated heterocycles. The summed E-state index contributed by atoms with van der Waals surface area (Å²) >= 11 is 0. The molecule has 8 heteroatoms. The van der Waals surface area contributed by atoms with Gasteiger partial charge in [0.05, 0.1) is 18.7 Å². The Balaban J connectivity index is 1.83. The number of nitrogens with zero attached hydrogens (tertiary/aromatic N) is 2. The summed E-state index contributed by atoms with van der Waals surface area (Å²) in [6.45, 7) is 1.75. The zero-order valence-electron chi connectivity index (χ0n) is 18.3. The summed E-state index contributed by atoms with van der Waals surface area (Å²) in [5.74, 6) is 0.0481. The Kier molecular flexibility index (Phi) is 6.05. The molecule has 2 aliphatic rings. The topological polar surface area (TPSA) is 88.5 Å². The first kappa shape index (κ1) is 21.7. The molecule has 2 heterocycles. The van der Waals surface area contributed by atoms with Gasteiger partial charge in [0.25, 0.3) is 11.7 Å². The number of ether oxygens (including phenoxy) is 3. The highest BCUT2D eigenvalue weighted by Crippen LogP contribution is 2.41. The molecule has 8 nitrogen and oxygen atoms in total. The zero-order chi connectivity index (χ0) is 22.8. The summed E-state index contributed by atoms with van der Waals surface area (Å²) in [6, 6.07) is 11.4. The third-order valence-corrected chi connectivity index (χ3v) is 5.55. The van der Waals surface area contributed by atoms with Crippen LogP contribution in [0.1, 0.15) is 17.2 Å².